The number of aryl methyl sites for hydroxylation is 2. The molecule has 0 fully saturated rings. The topological polar surface area (TPSA) is 79.4 Å². The number of nitrogens with one attached hydrogen (secondary N) is 1. The lowest BCUT2D eigenvalue weighted by Gasteiger charge is -2.30. The summed E-state index contributed by atoms with van der Waals surface area (Å²) < 4.78 is 26.0. The Balaban J connectivity index is 2.40. The number of nitrogens with zero attached hydrogens (tertiary/aromatic N) is 2. The SMILES string of the molecule is CCC(C(=O)Nc1cccnc1)N(c1ccc(C)c(C)c1)S(C)(=O)=O. The fourth-order valence-corrected chi connectivity index (χ4v) is 3.79. The zero-order chi connectivity index (χ0) is 18.6. The van der Waals surface area contributed by atoms with Gasteiger partial charge in [0.2, 0.25) is 15.9 Å². The Morgan fingerprint density at radius 3 is 2.48 bits per heavy atom. The lowest BCUT2D eigenvalue weighted by Crippen LogP contribution is -2.47. The first-order chi connectivity index (χ1) is 11.7. The normalized spacial score (nSPS) is 12.5. The summed E-state index contributed by atoms with van der Waals surface area (Å²) in [6.45, 7) is 5.65. The summed E-state index contributed by atoms with van der Waals surface area (Å²) in [4.78, 5) is 16.7. The number of carbonyl (C=O) groups is 1. The maximum Gasteiger partial charge on any atom is 0.248 e. The summed E-state index contributed by atoms with van der Waals surface area (Å²) in [5, 5.41) is 2.73. The molecule has 0 saturated heterocycles. The predicted molar refractivity (Wildman–Crippen MR) is 100 cm³/mol. The molecule has 0 spiro atoms. The first-order valence-corrected chi connectivity index (χ1v) is 9.86. The molecule has 2 aromatic rings. The summed E-state index contributed by atoms with van der Waals surface area (Å²) in [6.07, 6.45) is 4.57. The highest BCUT2D eigenvalue weighted by Crippen LogP contribution is 2.25. The van der Waals surface area contributed by atoms with Gasteiger partial charge in [0.25, 0.3) is 0 Å². The number of rotatable bonds is 6. The van der Waals surface area contributed by atoms with Gasteiger partial charge in [-0.15, -0.1) is 0 Å². The highest BCUT2D eigenvalue weighted by Gasteiger charge is 2.31. The van der Waals surface area contributed by atoms with Crippen LogP contribution in [0, 0.1) is 13.8 Å². The van der Waals surface area contributed by atoms with E-state index in [0.29, 0.717) is 17.8 Å². The van der Waals surface area contributed by atoms with Crippen molar-refractivity contribution in [3.63, 3.8) is 0 Å². The van der Waals surface area contributed by atoms with Gasteiger partial charge in [-0.3, -0.25) is 14.1 Å². The zero-order valence-corrected chi connectivity index (χ0v) is 15.7. The van der Waals surface area contributed by atoms with E-state index < -0.39 is 16.1 Å². The Hall–Kier alpha value is -2.41. The van der Waals surface area contributed by atoms with Crippen LogP contribution in [0.3, 0.4) is 0 Å². The third-order valence-corrected chi connectivity index (χ3v) is 5.18. The Kier molecular flexibility index (Phi) is 5.79. The van der Waals surface area contributed by atoms with Gasteiger partial charge in [0.1, 0.15) is 6.04 Å². The second-order valence-corrected chi connectivity index (χ2v) is 7.84. The number of aromatic nitrogens is 1. The molecule has 1 atom stereocenters. The smallest absolute Gasteiger partial charge is 0.248 e. The predicted octanol–water partition coefficient (Wildman–Crippen LogP) is 2.88. The third kappa shape index (κ3) is 4.57. The lowest BCUT2D eigenvalue weighted by molar-refractivity contribution is -0.117. The van der Waals surface area contributed by atoms with E-state index in [-0.39, 0.29) is 5.91 Å². The first-order valence-electron chi connectivity index (χ1n) is 8.01. The van der Waals surface area contributed by atoms with Crippen LogP contribution < -0.4 is 9.62 Å². The molecular weight excluding hydrogens is 338 g/mol. The van der Waals surface area contributed by atoms with E-state index in [4.69, 9.17) is 0 Å². The van der Waals surface area contributed by atoms with Gasteiger partial charge in [0.05, 0.1) is 23.8 Å². The molecule has 1 aromatic carbocycles. The fourth-order valence-electron chi connectivity index (χ4n) is 2.59. The number of amides is 1. The van der Waals surface area contributed by atoms with Crippen molar-refractivity contribution in [3.8, 4) is 0 Å². The van der Waals surface area contributed by atoms with E-state index in [0.717, 1.165) is 17.4 Å². The molecule has 6 nitrogen and oxygen atoms in total. The van der Waals surface area contributed by atoms with Crippen molar-refractivity contribution in [2.75, 3.05) is 15.9 Å². The van der Waals surface area contributed by atoms with Gasteiger partial charge in [-0.25, -0.2) is 8.42 Å². The second-order valence-electron chi connectivity index (χ2n) is 5.98. The number of carbonyl (C=O) groups excluding carboxylic acids is 1. The summed E-state index contributed by atoms with van der Waals surface area (Å²) in [5.41, 5.74) is 3.04. The zero-order valence-electron chi connectivity index (χ0n) is 14.9. The molecule has 1 N–H and O–H groups in total. The van der Waals surface area contributed by atoms with Crippen LogP contribution in [0.5, 0.6) is 0 Å². The molecule has 25 heavy (non-hydrogen) atoms. The molecule has 1 amide bonds. The molecule has 2 rings (SSSR count). The van der Waals surface area contributed by atoms with Crippen LogP contribution in [0.4, 0.5) is 11.4 Å². The van der Waals surface area contributed by atoms with Crippen LogP contribution in [-0.4, -0.2) is 31.6 Å². The van der Waals surface area contributed by atoms with Crippen molar-refractivity contribution in [1.29, 1.82) is 0 Å². The van der Waals surface area contributed by atoms with Gasteiger partial charge in [-0.2, -0.15) is 0 Å². The molecule has 0 aliphatic carbocycles. The van der Waals surface area contributed by atoms with Gasteiger partial charge in [0.15, 0.2) is 0 Å². The van der Waals surface area contributed by atoms with E-state index in [9.17, 15) is 13.2 Å². The fraction of sp³-hybridized carbons (Fsp3) is 0.333. The minimum absolute atomic E-state index is 0.339. The third-order valence-electron chi connectivity index (χ3n) is 4.00. The average molecular weight is 361 g/mol. The summed E-state index contributed by atoms with van der Waals surface area (Å²) in [6, 6.07) is 7.93. The Labute approximate surface area is 148 Å². The minimum atomic E-state index is -3.64. The molecule has 0 bridgehead atoms. The van der Waals surface area contributed by atoms with Gasteiger partial charge in [-0.1, -0.05) is 13.0 Å². The number of hydrogen-bond acceptors (Lipinski definition) is 4. The summed E-state index contributed by atoms with van der Waals surface area (Å²) >= 11 is 0. The lowest BCUT2D eigenvalue weighted by atomic mass is 10.1. The summed E-state index contributed by atoms with van der Waals surface area (Å²) in [5.74, 6) is -0.390. The highest BCUT2D eigenvalue weighted by atomic mass is 32.2. The Morgan fingerprint density at radius 1 is 1.24 bits per heavy atom. The first kappa shape index (κ1) is 18.9. The largest absolute Gasteiger partial charge is 0.323 e. The number of benzene rings is 1. The summed E-state index contributed by atoms with van der Waals surface area (Å²) in [7, 11) is -3.64. The molecule has 0 aliphatic rings. The molecule has 0 radical (unpaired) electrons. The van der Waals surface area contributed by atoms with E-state index in [1.807, 2.05) is 19.9 Å². The maximum absolute atomic E-state index is 12.7. The van der Waals surface area contributed by atoms with E-state index >= 15 is 0 Å². The Morgan fingerprint density at radius 2 is 1.96 bits per heavy atom. The number of hydrogen-bond donors (Lipinski definition) is 1. The maximum atomic E-state index is 12.7. The molecule has 0 aliphatic heterocycles. The average Bonchev–Trinajstić information content (AvgIpc) is 2.55. The molecule has 1 unspecified atom stereocenters. The number of anilines is 2. The monoisotopic (exact) mass is 361 g/mol. The molecular formula is C18H23N3O3S. The van der Waals surface area contributed by atoms with Gasteiger partial charge in [0, 0.05) is 6.20 Å². The second kappa shape index (κ2) is 7.65. The van der Waals surface area contributed by atoms with E-state index in [2.05, 4.69) is 10.3 Å². The van der Waals surface area contributed by atoms with Crippen molar-refractivity contribution in [1.82, 2.24) is 4.98 Å². The van der Waals surface area contributed by atoms with Crippen molar-refractivity contribution in [3.05, 3.63) is 53.9 Å². The number of sulfonamides is 1. The van der Waals surface area contributed by atoms with Crippen LogP contribution in [0.1, 0.15) is 24.5 Å². The van der Waals surface area contributed by atoms with Crippen molar-refractivity contribution >= 4 is 27.3 Å². The quantitative estimate of drug-likeness (QED) is 0.858. The molecule has 0 saturated carbocycles. The molecule has 7 heteroatoms. The molecule has 134 valence electrons. The minimum Gasteiger partial charge on any atom is -0.323 e. The van der Waals surface area contributed by atoms with Crippen LogP contribution in [-0.2, 0) is 14.8 Å². The Bertz CT molecular complexity index is 851. The van der Waals surface area contributed by atoms with Gasteiger partial charge < -0.3 is 5.32 Å². The molecule has 1 aromatic heterocycles. The highest BCUT2D eigenvalue weighted by molar-refractivity contribution is 7.92. The van der Waals surface area contributed by atoms with E-state index in [1.165, 1.54) is 10.5 Å². The van der Waals surface area contributed by atoms with Gasteiger partial charge in [-0.05, 0) is 55.7 Å². The van der Waals surface area contributed by atoms with Crippen LogP contribution in [0.2, 0.25) is 0 Å². The molecule has 1 heterocycles. The van der Waals surface area contributed by atoms with Gasteiger partial charge >= 0.3 is 0 Å². The van der Waals surface area contributed by atoms with E-state index in [1.54, 1.807) is 37.4 Å². The standard InChI is InChI=1S/C18H23N3O3S/c1-5-17(18(22)20-15-7-6-10-19-12-15)21(25(4,23)24)16-9-8-13(2)14(3)11-16/h6-12,17H,5H2,1-4H3,(H,20,22). The van der Waals surface area contributed by atoms with Crippen LogP contribution >= 0.6 is 0 Å². The van der Waals surface area contributed by atoms with Crippen LogP contribution in [0.25, 0.3) is 0 Å². The number of pyridine rings is 1. The van der Waals surface area contributed by atoms with Crippen molar-refractivity contribution < 1.29 is 13.2 Å². The van der Waals surface area contributed by atoms with Crippen LogP contribution in [0.15, 0.2) is 42.7 Å². The van der Waals surface area contributed by atoms with Crippen molar-refractivity contribution in [2.24, 2.45) is 0 Å². The van der Waals surface area contributed by atoms with Crippen molar-refractivity contribution in [2.45, 2.75) is 33.2 Å².